The van der Waals surface area contributed by atoms with E-state index in [2.05, 4.69) is 0 Å². The second kappa shape index (κ2) is 5.71. The summed E-state index contributed by atoms with van der Waals surface area (Å²) in [5.74, 6) is -2.11. The molecule has 3 nitrogen and oxygen atoms in total. The normalized spacial score (nSPS) is 14.1. The Balaban J connectivity index is 2.73. The van der Waals surface area contributed by atoms with Gasteiger partial charge in [0.25, 0.3) is 6.43 Å². The number of carbonyl (C=O) groups excluding carboxylic acids is 2. The Morgan fingerprint density at radius 2 is 1.83 bits per heavy atom. The highest BCUT2D eigenvalue weighted by molar-refractivity contribution is 6.02. The van der Waals surface area contributed by atoms with E-state index in [0.717, 1.165) is 13.8 Å². The zero-order valence-corrected chi connectivity index (χ0v) is 10.2. The number of ether oxygens (including phenoxy) is 1. The molecule has 0 saturated carbocycles. The molecule has 0 spiro atoms. The lowest BCUT2D eigenvalue weighted by molar-refractivity contribution is -0.170. The predicted octanol–water partition coefficient (Wildman–Crippen LogP) is 2.59. The lowest BCUT2D eigenvalue weighted by Crippen LogP contribution is -2.42. The number of benzene rings is 1. The minimum absolute atomic E-state index is 0.130. The predicted molar refractivity (Wildman–Crippen MR) is 61.0 cm³/mol. The minimum Gasteiger partial charge on any atom is -0.460 e. The monoisotopic (exact) mass is 256 g/mol. The van der Waals surface area contributed by atoms with Gasteiger partial charge in [-0.3, -0.25) is 9.59 Å². The van der Waals surface area contributed by atoms with Gasteiger partial charge in [0, 0.05) is 0 Å². The largest absolute Gasteiger partial charge is 0.460 e. The fourth-order valence-electron chi connectivity index (χ4n) is 1.26. The van der Waals surface area contributed by atoms with Crippen LogP contribution in [-0.2, 0) is 20.9 Å². The summed E-state index contributed by atoms with van der Waals surface area (Å²) in [6, 6.07) is 8.65. The summed E-state index contributed by atoms with van der Waals surface area (Å²) in [5, 5.41) is 0. The molecule has 1 unspecified atom stereocenters. The van der Waals surface area contributed by atoms with E-state index in [-0.39, 0.29) is 6.61 Å². The van der Waals surface area contributed by atoms with Crippen molar-refractivity contribution in [2.45, 2.75) is 26.9 Å². The molecule has 0 bridgehead atoms. The molecule has 98 valence electrons. The van der Waals surface area contributed by atoms with Crippen LogP contribution in [-0.4, -0.2) is 18.2 Å². The molecular weight excluding hydrogens is 242 g/mol. The highest BCUT2D eigenvalue weighted by atomic mass is 19.3. The van der Waals surface area contributed by atoms with E-state index in [4.69, 9.17) is 4.74 Å². The first-order valence-electron chi connectivity index (χ1n) is 5.39. The Morgan fingerprint density at radius 1 is 1.28 bits per heavy atom. The summed E-state index contributed by atoms with van der Waals surface area (Å²) in [4.78, 5) is 22.8. The van der Waals surface area contributed by atoms with E-state index >= 15 is 0 Å². The standard InChI is InChI=1S/C13H14F2O3/c1-9(16)13(2,11(14)15)12(17)18-8-10-6-4-3-5-7-10/h3-7,11H,8H2,1-2H3. The topological polar surface area (TPSA) is 43.4 Å². The fourth-order valence-corrected chi connectivity index (χ4v) is 1.26. The quantitative estimate of drug-likeness (QED) is 0.600. The minimum atomic E-state index is -3.08. The molecule has 0 N–H and O–H groups in total. The van der Waals surface area contributed by atoms with Crippen molar-refractivity contribution in [2.75, 3.05) is 0 Å². The Kier molecular flexibility index (Phi) is 4.53. The van der Waals surface area contributed by atoms with Gasteiger partial charge in [-0.25, -0.2) is 8.78 Å². The second-order valence-electron chi connectivity index (χ2n) is 4.12. The summed E-state index contributed by atoms with van der Waals surface area (Å²) >= 11 is 0. The van der Waals surface area contributed by atoms with Crippen LogP contribution in [0.5, 0.6) is 0 Å². The maximum Gasteiger partial charge on any atom is 0.325 e. The smallest absolute Gasteiger partial charge is 0.325 e. The zero-order valence-electron chi connectivity index (χ0n) is 10.2. The maximum atomic E-state index is 12.8. The lowest BCUT2D eigenvalue weighted by Gasteiger charge is -2.23. The van der Waals surface area contributed by atoms with Crippen LogP contribution in [0.4, 0.5) is 8.78 Å². The summed E-state index contributed by atoms with van der Waals surface area (Å²) in [5.41, 5.74) is -1.72. The molecular formula is C13H14F2O3. The van der Waals surface area contributed by atoms with Crippen LogP contribution in [0.15, 0.2) is 30.3 Å². The number of hydrogen-bond donors (Lipinski definition) is 0. The van der Waals surface area contributed by atoms with Crippen LogP contribution >= 0.6 is 0 Å². The van der Waals surface area contributed by atoms with Crippen molar-refractivity contribution in [1.29, 1.82) is 0 Å². The fraction of sp³-hybridized carbons (Fsp3) is 0.385. The first kappa shape index (κ1) is 14.3. The Morgan fingerprint density at radius 3 is 2.28 bits per heavy atom. The molecule has 1 atom stereocenters. The van der Waals surface area contributed by atoms with Gasteiger partial charge >= 0.3 is 5.97 Å². The summed E-state index contributed by atoms with van der Waals surface area (Å²) in [7, 11) is 0. The number of halogens is 2. The number of ketones is 1. The molecule has 1 aromatic rings. The SMILES string of the molecule is CC(=O)C(C)(C(=O)OCc1ccccc1)C(F)F. The van der Waals surface area contributed by atoms with Crippen LogP contribution in [0, 0.1) is 5.41 Å². The van der Waals surface area contributed by atoms with E-state index in [1.807, 2.05) is 0 Å². The van der Waals surface area contributed by atoms with Crippen molar-refractivity contribution >= 4 is 11.8 Å². The third-order valence-electron chi connectivity index (χ3n) is 2.80. The average Bonchev–Trinajstić information content (AvgIpc) is 2.35. The zero-order chi connectivity index (χ0) is 13.8. The van der Waals surface area contributed by atoms with Gasteiger partial charge in [0.2, 0.25) is 0 Å². The van der Waals surface area contributed by atoms with Crippen LogP contribution in [0.3, 0.4) is 0 Å². The first-order chi connectivity index (χ1) is 8.39. The van der Waals surface area contributed by atoms with Gasteiger partial charge in [-0.1, -0.05) is 30.3 Å². The molecule has 0 radical (unpaired) electrons. The molecule has 0 aromatic heterocycles. The Labute approximate surface area is 104 Å². The number of Topliss-reactive ketones (excluding diaryl/α,β-unsaturated/α-hetero) is 1. The summed E-state index contributed by atoms with van der Waals surface area (Å²) in [6.07, 6.45) is -3.08. The number of carbonyl (C=O) groups is 2. The van der Waals surface area contributed by atoms with Crippen molar-refractivity contribution in [1.82, 2.24) is 0 Å². The van der Waals surface area contributed by atoms with Gasteiger partial charge in [-0.05, 0) is 19.4 Å². The molecule has 5 heteroatoms. The van der Waals surface area contributed by atoms with E-state index in [9.17, 15) is 18.4 Å². The molecule has 0 aliphatic carbocycles. The van der Waals surface area contributed by atoms with Crippen molar-refractivity contribution in [3.8, 4) is 0 Å². The molecule has 0 aliphatic heterocycles. The van der Waals surface area contributed by atoms with Gasteiger partial charge in [0.05, 0.1) is 0 Å². The molecule has 0 saturated heterocycles. The van der Waals surface area contributed by atoms with E-state index in [1.54, 1.807) is 30.3 Å². The molecule has 0 fully saturated rings. The molecule has 0 heterocycles. The molecule has 18 heavy (non-hydrogen) atoms. The van der Waals surface area contributed by atoms with E-state index in [1.165, 1.54) is 0 Å². The number of hydrogen-bond acceptors (Lipinski definition) is 3. The molecule has 1 rings (SSSR count). The van der Waals surface area contributed by atoms with Gasteiger partial charge in [-0.2, -0.15) is 0 Å². The number of rotatable bonds is 5. The van der Waals surface area contributed by atoms with Crippen molar-refractivity contribution in [3.63, 3.8) is 0 Å². The number of esters is 1. The van der Waals surface area contributed by atoms with E-state index < -0.39 is 23.6 Å². The summed E-state index contributed by atoms with van der Waals surface area (Å²) < 4.78 is 30.4. The van der Waals surface area contributed by atoms with Crippen LogP contribution in [0.1, 0.15) is 19.4 Å². The second-order valence-corrected chi connectivity index (χ2v) is 4.12. The first-order valence-corrected chi connectivity index (χ1v) is 5.39. The Bertz CT molecular complexity index is 431. The lowest BCUT2D eigenvalue weighted by atomic mass is 9.87. The van der Waals surface area contributed by atoms with Gasteiger partial charge in [0.1, 0.15) is 6.61 Å². The van der Waals surface area contributed by atoms with Gasteiger partial charge in [-0.15, -0.1) is 0 Å². The van der Waals surface area contributed by atoms with Crippen LogP contribution < -0.4 is 0 Å². The van der Waals surface area contributed by atoms with Crippen molar-refractivity contribution in [2.24, 2.45) is 5.41 Å². The van der Waals surface area contributed by atoms with Gasteiger partial charge < -0.3 is 4.74 Å². The highest BCUT2D eigenvalue weighted by Crippen LogP contribution is 2.28. The Hall–Kier alpha value is -1.78. The van der Waals surface area contributed by atoms with Crippen molar-refractivity contribution < 1.29 is 23.1 Å². The molecule has 0 aliphatic rings. The van der Waals surface area contributed by atoms with E-state index in [0.29, 0.717) is 5.56 Å². The average molecular weight is 256 g/mol. The third-order valence-corrected chi connectivity index (χ3v) is 2.80. The van der Waals surface area contributed by atoms with Crippen LogP contribution in [0.25, 0.3) is 0 Å². The highest BCUT2D eigenvalue weighted by Gasteiger charge is 2.48. The third kappa shape index (κ3) is 2.91. The molecule has 0 amide bonds. The van der Waals surface area contributed by atoms with Crippen molar-refractivity contribution in [3.05, 3.63) is 35.9 Å². The number of alkyl halides is 2. The van der Waals surface area contributed by atoms with Crippen LogP contribution in [0.2, 0.25) is 0 Å². The molecule has 1 aromatic carbocycles. The summed E-state index contributed by atoms with van der Waals surface area (Å²) in [6.45, 7) is 1.72. The van der Waals surface area contributed by atoms with Gasteiger partial charge in [0.15, 0.2) is 11.2 Å². The maximum absolute atomic E-state index is 12.8.